The Morgan fingerprint density at radius 1 is 1.10 bits per heavy atom. The fraction of sp³-hybridized carbons (Fsp3) is 0.632. The van der Waals surface area contributed by atoms with Gasteiger partial charge in [-0.15, -0.1) is 13.2 Å². The molecule has 31 heavy (non-hydrogen) atoms. The highest BCUT2D eigenvalue weighted by molar-refractivity contribution is 7.85. The summed E-state index contributed by atoms with van der Waals surface area (Å²) >= 11 is 0. The zero-order valence-corrected chi connectivity index (χ0v) is 17.9. The lowest BCUT2D eigenvalue weighted by atomic mass is 9.97. The first-order chi connectivity index (χ1) is 14.2. The summed E-state index contributed by atoms with van der Waals surface area (Å²) in [4.78, 5) is 12.1. The molecule has 0 radical (unpaired) electrons. The van der Waals surface area contributed by atoms with E-state index in [1.807, 2.05) is 0 Å². The summed E-state index contributed by atoms with van der Waals surface area (Å²) in [6, 6.07) is 2.89. The molecule has 0 unspecified atom stereocenters. The average molecular weight is 470 g/mol. The van der Waals surface area contributed by atoms with E-state index in [0.717, 1.165) is 50.3 Å². The van der Waals surface area contributed by atoms with Crippen LogP contribution in [0.25, 0.3) is 0 Å². The summed E-state index contributed by atoms with van der Waals surface area (Å²) < 4.78 is 88.7. The van der Waals surface area contributed by atoms with Crippen molar-refractivity contribution in [2.75, 3.05) is 12.4 Å². The summed E-state index contributed by atoms with van der Waals surface area (Å²) in [6.45, 7) is 2.44. The standard InChI is InChI=1S/C19H25F3O8S/c1-18(2,28-14-6-4-3-5-7-14)29-16-12-13(8-9-15(16)30-19(20,21)22)17(23)27-10-11-31(24,25)26/h8-9,12,14H,3-7,10-11H2,1-2H3,(H,24,25,26). The van der Waals surface area contributed by atoms with E-state index < -0.39 is 52.1 Å². The molecule has 0 saturated heterocycles. The molecule has 1 aliphatic rings. The van der Waals surface area contributed by atoms with Gasteiger partial charge in [0.1, 0.15) is 12.4 Å². The van der Waals surface area contributed by atoms with Crippen LogP contribution < -0.4 is 9.47 Å². The van der Waals surface area contributed by atoms with Gasteiger partial charge in [0, 0.05) is 13.8 Å². The van der Waals surface area contributed by atoms with Crippen LogP contribution in [0.5, 0.6) is 11.5 Å². The molecule has 0 aromatic heterocycles. The predicted molar refractivity (Wildman–Crippen MR) is 102 cm³/mol. The van der Waals surface area contributed by atoms with E-state index in [9.17, 15) is 26.4 Å². The van der Waals surface area contributed by atoms with E-state index in [2.05, 4.69) is 4.74 Å². The van der Waals surface area contributed by atoms with Crippen LogP contribution in [0.15, 0.2) is 18.2 Å². The SMILES string of the molecule is CC(C)(Oc1cc(C(=O)OCCS(=O)(=O)O)ccc1OC(F)(F)F)OC1CCCCC1. The van der Waals surface area contributed by atoms with Gasteiger partial charge in [-0.1, -0.05) is 19.3 Å². The van der Waals surface area contributed by atoms with Gasteiger partial charge in [-0.05, 0) is 31.0 Å². The number of carbonyl (C=O) groups excluding carboxylic acids is 1. The molecule has 0 bridgehead atoms. The van der Waals surface area contributed by atoms with Crippen LogP contribution in [-0.2, 0) is 19.6 Å². The summed E-state index contributed by atoms with van der Waals surface area (Å²) in [5, 5.41) is 0. The number of alkyl halides is 3. The lowest BCUT2D eigenvalue weighted by Crippen LogP contribution is -2.37. The molecule has 0 aliphatic heterocycles. The van der Waals surface area contributed by atoms with E-state index >= 15 is 0 Å². The quantitative estimate of drug-likeness (QED) is 0.327. The van der Waals surface area contributed by atoms with Crippen LogP contribution >= 0.6 is 0 Å². The third-order valence-corrected chi connectivity index (χ3v) is 5.02. The molecule has 12 heteroatoms. The van der Waals surface area contributed by atoms with Crippen LogP contribution in [0.3, 0.4) is 0 Å². The molecule has 176 valence electrons. The van der Waals surface area contributed by atoms with E-state index in [0.29, 0.717) is 0 Å². The summed E-state index contributed by atoms with van der Waals surface area (Å²) in [7, 11) is -4.34. The molecule has 1 fully saturated rings. The number of carbonyl (C=O) groups is 1. The molecule has 1 aliphatic carbocycles. The van der Waals surface area contributed by atoms with Crippen molar-refractivity contribution in [2.45, 2.75) is 64.2 Å². The van der Waals surface area contributed by atoms with E-state index in [-0.39, 0.29) is 11.7 Å². The Bertz CT molecular complexity index is 861. The average Bonchev–Trinajstić information content (AvgIpc) is 2.61. The maximum absolute atomic E-state index is 12.8. The molecule has 0 heterocycles. The number of rotatable bonds is 9. The molecule has 0 amide bonds. The maximum Gasteiger partial charge on any atom is 0.573 e. The monoisotopic (exact) mass is 470 g/mol. The molecule has 0 atom stereocenters. The van der Waals surface area contributed by atoms with Gasteiger partial charge in [-0.25, -0.2) is 4.79 Å². The number of ether oxygens (including phenoxy) is 4. The molecule has 1 aromatic carbocycles. The normalized spacial score (nSPS) is 16.1. The van der Waals surface area contributed by atoms with Crippen molar-refractivity contribution in [3.05, 3.63) is 23.8 Å². The lowest BCUT2D eigenvalue weighted by Gasteiger charge is -2.33. The van der Waals surface area contributed by atoms with Crippen molar-refractivity contribution in [1.82, 2.24) is 0 Å². The molecule has 2 rings (SSSR count). The Balaban J connectivity index is 2.19. The highest BCUT2D eigenvalue weighted by atomic mass is 32.2. The van der Waals surface area contributed by atoms with Crippen molar-refractivity contribution in [2.24, 2.45) is 0 Å². The number of halogens is 3. The Morgan fingerprint density at radius 3 is 2.32 bits per heavy atom. The van der Waals surface area contributed by atoms with Crippen LogP contribution in [-0.4, -0.2) is 49.6 Å². The zero-order valence-electron chi connectivity index (χ0n) is 17.1. The first-order valence-electron chi connectivity index (χ1n) is 9.63. The smallest absolute Gasteiger partial charge is 0.461 e. The molecule has 0 spiro atoms. The molecular weight excluding hydrogens is 445 g/mol. The first-order valence-corrected chi connectivity index (χ1v) is 11.2. The van der Waals surface area contributed by atoms with Crippen molar-refractivity contribution in [1.29, 1.82) is 0 Å². The second-order valence-corrected chi connectivity index (χ2v) is 9.08. The van der Waals surface area contributed by atoms with Gasteiger partial charge in [-0.3, -0.25) is 4.55 Å². The molecular formula is C19H25F3O8S. The van der Waals surface area contributed by atoms with Crippen molar-refractivity contribution >= 4 is 16.1 Å². The fourth-order valence-electron chi connectivity index (χ4n) is 3.12. The number of hydrogen-bond acceptors (Lipinski definition) is 7. The van der Waals surface area contributed by atoms with Crippen molar-refractivity contribution < 1.29 is 49.9 Å². The third-order valence-electron chi connectivity index (χ3n) is 4.34. The predicted octanol–water partition coefficient (Wildman–Crippen LogP) is 4.09. The van der Waals surface area contributed by atoms with E-state index in [1.54, 1.807) is 0 Å². The lowest BCUT2D eigenvalue weighted by molar-refractivity contribution is -0.276. The van der Waals surface area contributed by atoms with Crippen LogP contribution in [0, 0.1) is 0 Å². The molecule has 1 N–H and O–H groups in total. The maximum atomic E-state index is 12.8. The Morgan fingerprint density at radius 2 is 1.74 bits per heavy atom. The summed E-state index contributed by atoms with van der Waals surface area (Å²) in [6.07, 6.45) is -0.444. The Hall–Kier alpha value is -2.05. The fourth-order valence-corrected chi connectivity index (χ4v) is 3.41. The van der Waals surface area contributed by atoms with E-state index in [1.165, 1.54) is 13.8 Å². The second kappa shape index (κ2) is 10.0. The largest absolute Gasteiger partial charge is 0.573 e. The van der Waals surface area contributed by atoms with Gasteiger partial charge in [0.05, 0.1) is 11.7 Å². The number of hydrogen-bond donors (Lipinski definition) is 1. The Labute approximate surface area is 178 Å². The number of esters is 1. The van der Waals surface area contributed by atoms with E-state index in [4.69, 9.17) is 18.8 Å². The van der Waals surface area contributed by atoms with Gasteiger partial charge in [-0.2, -0.15) is 8.42 Å². The number of benzene rings is 1. The molecule has 8 nitrogen and oxygen atoms in total. The summed E-state index contributed by atoms with van der Waals surface area (Å²) in [5.74, 6) is -4.23. The second-order valence-electron chi connectivity index (χ2n) is 7.51. The topological polar surface area (TPSA) is 108 Å². The van der Waals surface area contributed by atoms with Crippen LogP contribution in [0.4, 0.5) is 13.2 Å². The van der Waals surface area contributed by atoms with Gasteiger partial charge < -0.3 is 18.9 Å². The molecule has 1 aromatic rings. The highest BCUT2D eigenvalue weighted by Crippen LogP contribution is 2.36. The van der Waals surface area contributed by atoms with Crippen molar-refractivity contribution in [3.8, 4) is 11.5 Å². The highest BCUT2D eigenvalue weighted by Gasteiger charge is 2.34. The van der Waals surface area contributed by atoms with Gasteiger partial charge in [0.15, 0.2) is 11.5 Å². The van der Waals surface area contributed by atoms with Gasteiger partial charge >= 0.3 is 12.3 Å². The van der Waals surface area contributed by atoms with Gasteiger partial charge in [0.25, 0.3) is 10.1 Å². The van der Waals surface area contributed by atoms with Crippen LogP contribution in [0.2, 0.25) is 0 Å². The molecule has 1 saturated carbocycles. The van der Waals surface area contributed by atoms with Crippen molar-refractivity contribution in [3.63, 3.8) is 0 Å². The van der Waals surface area contributed by atoms with Crippen LogP contribution in [0.1, 0.15) is 56.3 Å². The third kappa shape index (κ3) is 9.32. The first kappa shape index (κ1) is 25.2. The minimum atomic E-state index is -5.00. The summed E-state index contributed by atoms with van der Waals surface area (Å²) in [5.41, 5.74) is -0.201. The Kier molecular flexibility index (Phi) is 8.17. The minimum absolute atomic E-state index is 0.107. The minimum Gasteiger partial charge on any atom is -0.461 e. The zero-order chi connectivity index (χ0) is 23.3. The van der Waals surface area contributed by atoms with Gasteiger partial charge in [0.2, 0.25) is 5.79 Å².